The summed E-state index contributed by atoms with van der Waals surface area (Å²) in [5.41, 5.74) is 0.878. The van der Waals surface area contributed by atoms with Crippen LogP contribution >= 0.6 is 0 Å². The second-order valence-electron chi connectivity index (χ2n) is 4.98. The monoisotopic (exact) mass is 301 g/mol. The fourth-order valence-electron chi connectivity index (χ4n) is 2.63. The van der Waals surface area contributed by atoms with E-state index in [0.717, 1.165) is 5.56 Å². The lowest BCUT2D eigenvalue weighted by Gasteiger charge is -2.37. The lowest BCUT2D eigenvalue weighted by atomic mass is 9.85. The van der Waals surface area contributed by atoms with Crippen LogP contribution in [0.1, 0.15) is 24.3 Å². The first-order valence-electron chi connectivity index (χ1n) is 6.46. The molecule has 2 rings (SSSR count). The Kier molecular flexibility index (Phi) is 4.20. The van der Waals surface area contributed by atoms with Crippen LogP contribution in [-0.2, 0) is 9.59 Å². The number of carboxylic acid groups (broad SMARTS) is 1. The summed E-state index contributed by atoms with van der Waals surface area (Å²) in [6.07, 6.45) is -4.75. The van der Waals surface area contributed by atoms with Gasteiger partial charge in [-0.3, -0.25) is 4.79 Å². The molecule has 21 heavy (non-hydrogen) atoms. The second-order valence-corrected chi connectivity index (χ2v) is 4.98. The number of amides is 1. The summed E-state index contributed by atoms with van der Waals surface area (Å²) < 4.78 is 37.5. The van der Waals surface area contributed by atoms with Gasteiger partial charge in [-0.15, -0.1) is 0 Å². The van der Waals surface area contributed by atoms with Gasteiger partial charge in [-0.2, -0.15) is 13.2 Å². The Labute approximate surface area is 119 Å². The van der Waals surface area contributed by atoms with Crippen LogP contribution in [0.15, 0.2) is 30.3 Å². The van der Waals surface area contributed by atoms with E-state index < -0.39 is 24.1 Å². The van der Waals surface area contributed by atoms with E-state index in [-0.39, 0.29) is 18.9 Å². The number of rotatable bonds is 2. The van der Waals surface area contributed by atoms with Crippen molar-refractivity contribution in [2.24, 2.45) is 0 Å². The van der Waals surface area contributed by atoms with Gasteiger partial charge >= 0.3 is 18.1 Å². The van der Waals surface area contributed by atoms with Crippen molar-refractivity contribution in [1.82, 2.24) is 4.90 Å². The number of carbonyl (C=O) groups excluding carboxylic acids is 1. The summed E-state index contributed by atoms with van der Waals surface area (Å²) in [4.78, 5) is 22.9. The number of alkyl halides is 3. The van der Waals surface area contributed by atoms with Crippen LogP contribution in [0.5, 0.6) is 0 Å². The number of piperidine rings is 1. The van der Waals surface area contributed by atoms with Gasteiger partial charge in [-0.25, -0.2) is 4.79 Å². The van der Waals surface area contributed by atoms with E-state index in [1.54, 1.807) is 18.2 Å². The zero-order chi connectivity index (χ0) is 15.6. The Morgan fingerprint density at radius 1 is 1.19 bits per heavy atom. The van der Waals surface area contributed by atoms with Crippen molar-refractivity contribution in [2.75, 3.05) is 6.54 Å². The highest BCUT2D eigenvalue weighted by Gasteiger charge is 2.48. The number of hydrogen-bond acceptors (Lipinski definition) is 2. The summed E-state index contributed by atoms with van der Waals surface area (Å²) in [6.45, 7) is -0.213. The van der Waals surface area contributed by atoms with Crippen molar-refractivity contribution in [3.8, 4) is 0 Å². The number of halogens is 3. The lowest BCUT2D eigenvalue weighted by molar-refractivity contribution is -0.191. The van der Waals surface area contributed by atoms with Crippen molar-refractivity contribution in [1.29, 1.82) is 0 Å². The van der Waals surface area contributed by atoms with Gasteiger partial charge in [0.25, 0.3) is 0 Å². The van der Waals surface area contributed by atoms with Crippen molar-refractivity contribution in [3.05, 3.63) is 35.9 Å². The molecule has 7 heteroatoms. The van der Waals surface area contributed by atoms with Gasteiger partial charge < -0.3 is 10.0 Å². The molecule has 1 aromatic rings. The molecule has 114 valence electrons. The first-order valence-corrected chi connectivity index (χ1v) is 6.46. The summed E-state index contributed by atoms with van der Waals surface area (Å²) in [6, 6.07) is 7.56. The quantitative estimate of drug-likeness (QED) is 0.912. The van der Waals surface area contributed by atoms with E-state index in [2.05, 4.69) is 0 Å². The highest BCUT2D eigenvalue weighted by atomic mass is 19.4. The zero-order valence-electron chi connectivity index (χ0n) is 11.0. The molecule has 0 spiro atoms. The van der Waals surface area contributed by atoms with Gasteiger partial charge in [0.05, 0.1) is 0 Å². The molecule has 0 saturated carbocycles. The molecule has 1 saturated heterocycles. The second kappa shape index (κ2) is 5.75. The number of carbonyl (C=O) groups is 2. The summed E-state index contributed by atoms with van der Waals surface area (Å²) >= 11 is 0. The molecule has 0 aliphatic carbocycles. The molecule has 1 aliphatic rings. The van der Waals surface area contributed by atoms with Crippen LogP contribution in [0, 0.1) is 0 Å². The molecular weight excluding hydrogens is 287 g/mol. The van der Waals surface area contributed by atoms with E-state index in [4.69, 9.17) is 5.11 Å². The van der Waals surface area contributed by atoms with Gasteiger partial charge in [-0.05, 0) is 24.3 Å². The van der Waals surface area contributed by atoms with Gasteiger partial charge in [0.1, 0.15) is 6.04 Å². The molecule has 1 heterocycles. The van der Waals surface area contributed by atoms with E-state index in [0.29, 0.717) is 11.3 Å². The molecule has 1 aromatic carbocycles. The van der Waals surface area contributed by atoms with Crippen LogP contribution in [0.4, 0.5) is 13.2 Å². The van der Waals surface area contributed by atoms with Crippen molar-refractivity contribution in [3.63, 3.8) is 0 Å². The number of aliphatic carboxylic acids is 1. The molecule has 2 atom stereocenters. The SMILES string of the molecule is O=C(O)[C@@H]1C[C@H](c2ccccc2)CCN1C(=O)C(F)(F)F. The van der Waals surface area contributed by atoms with Crippen LogP contribution in [0.2, 0.25) is 0 Å². The molecule has 1 fully saturated rings. The van der Waals surface area contributed by atoms with E-state index >= 15 is 0 Å². The zero-order valence-corrected chi connectivity index (χ0v) is 11.0. The van der Waals surface area contributed by atoms with Gasteiger partial charge in [0, 0.05) is 6.54 Å². The third kappa shape index (κ3) is 3.34. The van der Waals surface area contributed by atoms with Crippen LogP contribution in [-0.4, -0.2) is 40.6 Å². The minimum Gasteiger partial charge on any atom is -0.480 e. The molecular formula is C14H14F3NO3. The van der Waals surface area contributed by atoms with Crippen molar-refractivity contribution in [2.45, 2.75) is 31.0 Å². The highest BCUT2D eigenvalue weighted by molar-refractivity contribution is 5.87. The fourth-order valence-corrected chi connectivity index (χ4v) is 2.63. The van der Waals surface area contributed by atoms with E-state index in [1.807, 2.05) is 12.1 Å². The van der Waals surface area contributed by atoms with Crippen LogP contribution in [0.25, 0.3) is 0 Å². The van der Waals surface area contributed by atoms with E-state index in [9.17, 15) is 22.8 Å². The summed E-state index contributed by atoms with van der Waals surface area (Å²) in [7, 11) is 0. The van der Waals surface area contributed by atoms with Gasteiger partial charge in [0.15, 0.2) is 0 Å². The third-order valence-electron chi connectivity index (χ3n) is 3.66. The number of nitrogens with zero attached hydrogens (tertiary/aromatic N) is 1. The number of benzene rings is 1. The Balaban J connectivity index is 2.19. The first kappa shape index (κ1) is 15.3. The largest absolute Gasteiger partial charge is 0.480 e. The predicted octanol–water partition coefficient (Wildman–Crippen LogP) is 2.41. The van der Waals surface area contributed by atoms with E-state index in [1.165, 1.54) is 0 Å². The average molecular weight is 301 g/mol. The number of likely N-dealkylation sites (tertiary alicyclic amines) is 1. The molecule has 0 aromatic heterocycles. The maximum absolute atomic E-state index is 12.5. The molecule has 0 radical (unpaired) electrons. The highest BCUT2D eigenvalue weighted by Crippen LogP contribution is 2.33. The predicted molar refractivity (Wildman–Crippen MR) is 67.6 cm³/mol. The van der Waals surface area contributed by atoms with Crippen LogP contribution < -0.4 is 0 Å². The average Bonchev–Trinajstić information content (AvgIpc) is 2.45. The van der Waals surface area contributed by atoms with Gasteiger partial charge in [0.2, 0.25) is 0 Å². The summed E-state index contributed by atoms with van der Waals surface area (Å²) in [5.74, 6) is -3.65. The molecule has 0 bridgehead atoms. The smallest absolute Gasteiger partial charge is 0.471 e. The molecule has 4 nitrogen and oxygen atoms in total. The van der Waals surface area contributed by atoms with Crippen molar-refractivity contribution < 1.29 is 27.9 Å². The standard InChI is InChI=1S/C14H14F3NO3/c15-14(16,17)13(21)18-7-6-10(8-11(18)12(19)20)9-4-2-1-3-5-9/h1-5,10-11H,6-8H2,(H,19,20)/t10-,11+/m1/s1. The van der Waals surface area contributed by atoms with Gasteiger partial charge in [-0.1, -0.05) is 30.3 Å². The Bertz CT molecular complexity index is 530. The maximum atomic E-state index is 12.5. The number of hydrogen-bond donors (Lipinski definition) is 1. The number of carboxylic acids is 1. The molecule has 1 N–H and O–H groups in total. The molecule has 1 amide bonds. The van der Waals surface area contributed by atoms with Crippen molar-refractivity contribution >= 4 is 11.9 Å². The Morgan fingerprint density at radius 3 is 2.33 bits per heavy atom. The Morgan fingerprint density at radius 2 is 1.81 bits per heavy atom. The molecule has 0 unspecified atom stereocenters. The Hall–Kier alpha value is -2.05. The minimum absolute atomic E-state index is 0.0127. The minimum atomic E-state index is -5.05. The third-order valence-corrected chi connectivity index (χ3v) is 3.66. The first-order chi connectivity index (χ1) is 9.80. The maximum Gasteiger partial charge on any atom is 0.471 e. The van der Waals surface area contributed by atoms with Crippen LogP contribution in [0.3, 0.4) is 0 Å². The molecule has 1 aliphatic heterocycles. The lowest BCUT2D eigenvalue weighted by Crippen LogP contribution is -2.53. The topological polar surface area (TPSA) is 57.6 Å². The normalized spacial score (nSPS) is 22.9. The fraction of sp³-hybridized carbons (Fsp3) is 0.429. The summed E-state index contributed by atoms with van der Waals surface area (Å²) in [5, 5.41) is 9.13.